The number of unbranched alkanes of at least 4 members (excludes halogenated alkanes) is 2. The van der Waals surface area contributed by atoms with Crippen LogP contribution >= 0.6 is 0 Å². The fraction of sp³-hybridized carbons (Fsp3) is 0.667. The van der Waals surface area contributed by atoms with E-state index < -0.39 is 11.9 Å². The van der Waals surface area contributed by atoms with Crippen molar-refractivity contribution < 1.29 is 34.0 Å². The zero-order valence-electron chi connectivity index (χ0n) is 19.8. The topological polar surface area (TPSA) is 106 Å². The second kappa shape index (κ2) is 15.5. The summed E-state index contributed by atoms with van der Waals surface area (Å²) in [6.07, 6.45) is 6.65. The molecule has 0 amide bonds. The van der Waals surface area contributed by atoms with E-state index >= 15 is 0 Å². The number of aliphatic carboxylic acids is 2. The molecule has 0 aliphatic carbocycles. The lowest BCUT2D eigenvalue weighted by Crippen LogP contribution is -2.45. The maximum absolute atomic E-state index is 9.10. The molecule has 8 heteroatoms. The summed E-state index contributed by atoms with van der Waals surface area (Å²) in [5, 5.41) is 14.8. The number of ether oxygens (including phenoxy) is 3. The molecule has 2 atom stereocenters. The number of carbonyl (C=O) groups is 2. The van der Waals surface area contributed by atoms with Crippen molar-refractivity contribution in [1.82, 2.24) is 4.90 Å². The molecule has 1 heterocycles. The van der Waals surface area contributed by atoms with Crippen LogP contribution in [0, 0.1) is 5.92 Å². The highest BCUT2D eigenvalue weighted by molar-refractivity contribution is 6.27. The van der Waals surface area contributed by atoms with E-state index in [1.165, 1.54) is 38.8 Å². The molecule has 0 unspecified atom stereocenters. The van der Waals surface area contributed by atoms with Crippen molar-refractivity contribution in [2.24, 2.45) is 5.92 Å². The van der Waals surface area contributed by atoms with E-state index in [-0.39, 0.29) is 6.10 Å². The molecular weight excluding hydrogens is 414 g/mol. The summed E-state index contributed by atoms with van der Waals surface area (Å²) in [6.45, 7) is 10.5. The maximum Gasteiger partial charge on any atom is 0.414 e. The number of nitrogens with zero attached hydrogens (tertiary/aromatic N) is 1. The van der Waals surface area contributed by atoms with Gasteiger partial charge in [-0.25, -0.2) is 9.59 Å². The Hall–Kier alpha value is -2.32. The number of methoxy groups -OCH3 is 1. The van der Waals surface area contributed by atoms with Gasteiger partial charge in [0.15, 0.2) is 0 Å². The van der Waals surface area contributed by atoms with E-state index in [1.807, 2.05) is 45.2 Å². The van der Waals surface area contributed by atoms with Gasteiger partial charge >= 0.3 is 11.9 Å². The fourth-order valence-corrected chi connectivity index (χ4v) is 3.65. The molecule has 2 rings (SSSR count). The van der Waals surface area contributed by atoms with E-state index in [0.717, 1.165) is 31.1 Å². The number of carboxylic acids is 2. The van der Waals surface area contributed by atoms with Gasteiger partial charge < -0.3 is 29.3 Å². The normalized spacial score (nSPS) is 18.5. The fourth-order valence-electron chi connectivity index (χ4n) is 3.65. The largest absolute Gasteiger partial charge is 0.493 e. The minimum Gasteiger partial charge on any atom is -0.493 e. The quantitative estimate of drug-likeness (QED) is 0.384. The van der Waals surface area contributed by atoms with Gasteiger partial charge in [0.1, 0.15) is 11.5 Å². The van der Waals surface area contributed by atoms with Gasteiger partial charge in [0, 0.05) is 19.7 Å². The van der Waals surface area contributed by atoms with Crippen LogP contribution in [0.25, 0.3) is 0 Å². The highest BCUT2D eigenvalue weighted by atomic mass is 16.5. The van der Waals surface area contributed by atoms with Crippen LogP contribution in [-0.2, 0) is 14.3 Å². The van der Waals surface area contributed by atoms with Crippen molar-refractivity contribution in [2.45, 2.75) is 65.1 Å². The minimum absolute atomic E-state index is 0.176. The average Bonchev–Trinajstić information content (AvgIpc) is 2.75. The number of benzene rings is 1. The van der Waals surface area contributed by atoms with Crippen LogP contribution in [0.15, 0.2) is 24.3 Å². The van der Waals surface area contributed by atoms with E-state index in [4.69, 9.17) is 34.0 Å². The van der Waals surface area contributed by atoms with Crippen LogP contribution < -0.4 is 9.47 Å². The Morgan fingerprint density at radius 1 is 1.16 bits per heavy atom. The summed E-state index contributed by atoms with van der Waals surface area (Å²) >= 11 is 0. The first-order chi connectivity index (χ1) is 15.3. The van der Waals surface area contributed by atoms with Crippen LogP contribution in [0.3, 0.4) is 0 Å². The van der Waals surface area contributed by atoms with Crippen molar-refractivity contribution in [2.75, 3.05) is 33.4 Å². The van der Waals surface area contributed by atoms with E-state index in [2.05, 4.69) is 11.8 Å². The van der Waals surface area contributed by atoms with Gasteiger partial charge in [0.05, 0.1) is 18.8 Å². The number of hydrogen-bond donors (Lipinski definition) is 2. The molecule has 182 valence electrons. The number of likely N-dealkylation sites (tertiary alicyclic amines) is 1. The summed E-state index contributed by atoms with van der Waals surface area (Å²) < 4.78 is 17.5. The van der Waals surface area contributed by atoms with Crippen LogP contribution in [0.1, 0.15) is 52.9 Å². The van der Waals surface area contributed by atoms with Crippen molar-refractivity contribution in [1.29, 1.82) is 0 Å². The molecule has 1 aromatic carbocycles. The van der Waals surface area contributed by atoms with Crippen LogP contribution in [0.4, 0.5) is 0 Å². The molecule has 8 nitrogen and oxygen atoms in total. The zero-order chi connectivity index (χ0) is 23.9. The molecular formula is C24H39NO7. The van der Waals surface area contributed by atoms with Crippen LogP contribution in [0.5, 0.6) is 11.5 Å². The Bertz CT molecular complexity index is 668. The Morgan fingerprint density at radius 3 is 2.44 bits per heavy atom. The Morgan fingerprint density at radius 2 is 1.84 bits per heavy atom. The maximum atomic E-state index is 9.10. The Balaban J connectivity index is 0.000000751. The zero-order valence-corrected chi connectivity index (χ0v) is 19.8. The number of hydrogen-bond acceptors (Lipinski definition) is 6. The average molecular weight is 454 g/mol. The lowest BCUT2D eigenvalue weighted by Gasteiger charge is -2.37. The Kier molecular flexibility index (Phi) is 13.4. The molecule has 1 saturated heterocycles. The van der Waals surface area contributed by atoms with E-state index in [1.54, 1.807) is 0 Å². The van der Waals surface area contributed by atoms with Gasteiger partial charge in [0.2, 0.25) is 0 Å². The summed E-state index contributed by atoms with van der Waals surface area (Å²) in [6, 6.07) is 7.93. The second-order valence-electron chi connectivity index (χ2n) is 8.22. The molecule has 0 radical (unpaired) electrons. The lowest BCUT2D eigenvalue weighted by molar-refractivity contribution is -0.159. The van der Waals surface area contributed by atoms with Crippen molar-refractivity contribution in [3.8, 4) is 11.5 Å². The summed E-state index contributed by atoms with van der Waals surface area (Å²) in [4.78, 5) is 20.8. The van der Waals surface area contributed by atoms with Crippen molar-refractivity contribution in [3.63, 3.8) is 0 Å². The Labute approximate surface area is 191 Å². The first-order valence-corrected chi connectivity index (χ1v) is 11.4. The number of rotatable bonds is 11. The third-order valence-electron chi connectivity index (χ3n) is 5.28. The van der Waals surface area contributed by atoms with E-state index in [9.17, 15) is 0 Å². The monoisotopic (exact) mass is 453 g/mol. The first kappa shape index (κ1) is 27.7. The number of piperidine rings is 1. The highest BCUT2D eigenvalue weighted by Crippen LogP contribution is 2.25. The summed E-state index contributed by atoms with van der Waals surface area (Å²) in [7, 11) is 1.85. The second-order valence-corrected chi connectivity index (χ2v) is 8.22. The molecule has 0 bridgehead atoms. The molecule has 1 aliphatic rings. The summed E-state index contributed by atoms with van der Waals surface area (Å²) in [5.74, 6) is -1.32. The molecule has 1 aromatic rings. The standard InChI is InChI=1S/C22H37NO3.C2H2O4/c1-5-6-7-13-23-14-11-19(22(17-23)24-4)12-15-25-20-9-8-10-21(16-20)26-18(2)3;3-1(4)2(5)6/h8-10,16,18-19,22H,5-7,11-15,17H2,1-4H3;(H,3,4)(H,5,6)/t19-,22+;/m1./s1. The van der Waals surface area contributed by atoms with Gasteiger partial charge in [0.25, 0.3) is 0 Å². The minimum atomic E-state index is -1.82. The van der Waals surface area contributed by atoms with Crippen LogP contribution in [-0.4, -0.2) is 72.6 Å². The van der Waals surface area contributed by atoms with E-state index in [0.29, 0.717) is 12.0 Å². The molecule has 0 saturated carbocycles. The van der Waals surface area contributed by atoms with Crippen molar-refractivity contribution >= 4 is 11.9 Å². The smallest absolute Gasteiger partial charge is 0.414 e. The molecule has 2 N–H and O–H groups in total. The highest BCUT2D eigenvalue weighted by Gasteiger charge is 2.28. The van der Waals surface area contributed by atoms with Crippen molar-refractivity contribution in [3.05, 3.63) is 24.3 Å². The summed E-state index contributed by atoms with van der Waals surface area (Å²) in [5.41, 5.74) is 0. The predicted octanol–water partition coefficient (Wildman–Crippen LogP) is 3.93. The predicted molar refractivity (Wildman–Crippen MR) is 122 cm³/mol. The van der Waals surface area contributed by atoms with Crippen LogP contribution in [0.2, 0.25) is 0 Å². The molecule has 0 aromatic heterocycles. The van der Waals surface area contributed by atoms with Gasteiger partial charge in [-0.15, -0.1) is 0 Å². The molecule has 32 heavy (non-hydrogen) atoms. The molecule has 0 spiro atoms. The molecule has 1 fully saturated rings. The number of carboxylic acid groups (broad SMARTS) is 2. The molecule has 1 aliphatic heterocycles. The lowest BCUT2D eigenvalue weighted by atomic mass is 9.91. The van der Waals surface area contributed by atoms with Gasteiger partial charge in [-0.05, 0) is 64.3 Å². The third-order valence-corrected chi connectivity index (χ3v) is 5.28. The third kappa shape index (κ3) is 11.3. The van der Waals surface area contributed by atoms with Gasteiger partial charge in [-0.1, -0.05) is 25.8 Å². The first-order valence-electron chi connectivity index (χ1n) is 11.4. The SMILES string of the molecule is CCCCCN1CC[C@H](CCOc2cccc(OC(C)C)c2)[C@@H](OC)C1.O=C(O)C(=O)O. The van der Waals surface area contributed by atoms with Gasteiger partial charge in [-0.3, -0.25) is 0 Å². The van der Waals surface area contributed by atoms with Gasteiger partial charge in [-0.2, -0.15) is 0 Å².